The monoisotopic (exact) mass is 156 g/mol. The van der Waals surface area contributed by atoms with E-state index in [1.165, 1.54) is 0 Å². The van der Waals surface area contributed by atoms with Crippen LogP contribution in [0.3, 0.4) is 0 Å². The molecule has 1 saturated heterocycles. The van der Waals surface area contributed by atoms with Crippen molar-refractivity contribution in [1.29, 1.82) is 0 Å². The van der Waals surface area contributed by atoms with Crippen LogP contribution in [0, 0.1) is 0 Å². The van der Waals surface area contributed by atoms with Crippen LogP contribution in [-0.2, 0) is 14.3 Å². The fourth-order valence-corrected chi connectivity index (χ4v) is 0.877. The van der Waals surface area contributed by atoms with Gasteiger partial charge in [0.05, 0.1) is 12.4 Å². The molecule has 0 bridgehead atoms. The maximum atomic E-state index is 10.9. The van der Waals surface area contributed by atoms with Crippen LogP contribution in [0.2, 0.25) is 0 Å². The first-order chi connectivity index (χ1) is 5.24. The lowest BCUT2D eigenvalue weighted by Gasteiger charge is -2.08. The Hall–Kier alpha value is -0.990. The van der Waals surface area contributed by atoms with Gasteiger partial charge in [0.1, 0.15) is 0 Å². The minimum absolute atomic E-state index is 0.244. The first-order valence-electron chi connectivity index (χ1n) is 3.70. The van der Waals surface area contributed by atoms with E-state index in [0.29, 0.717) is 13.0 Å². The van der Waals surface area contributed by atoms with Gasteiger partial charge in [-0.3, -0.25) is 0 Å². The Morgan fingerprint density at radius 1 is 1.82 bits per heavy atom. The number of allylic oxidation sites excluding steroid dienone is 2. The van der Waals surface area contributed by atoms with Crippen LogP contribution < -0.4 is 0 Å². The summed E-state index contributed by atoms with van der Waals surface area (Å²) in [5.41, 5.74) is 0. The van der Waals surface area contributed by atoms with Gasteiger partial charge >= 0.3 is 5.97 Å². The van der Waals surface area contributed by atoms with Crippen molar-refractivity contribution in [3.8, 4) is 0 Å². The Labute approximate surface area is 66.0 Å². The number of cyclic esters (lactones) is 1. The Morgan fingerprint density at radius 3 is 3.00 bits per heavy atom. The highest BCUT2D eigenvalue weighted by atomic mass is 16.6. The SMILES string of the molecule is CC=C(C)O[C@@H]1CCOC1=O. The predicted octanol–water partition coefficient (Wildman–Crippen LogP) is 1.24. The molecule has 0 aliphatic carbocycles. The molecule has 3 nitrogen and oxygen atoms in total. The van der Waals surface area contributed by atoms with Gasteiger partial charge in [-0.2, -0.15) is 0 Å². The molecule has 0 spiro atoms. The van der Waals surface area contributed by atoms with Crippen LogP contribution in [0.25, 0.3) is 0 Å². The fraction of sp³-hybridized carbons (Fsp3) is 0.625. The Bertz CT molecular complexity index is 184. The van der Waals surface area contributed by atoms with Gasteiger partial charge < -0.3 is 9.47 Å². The van der Waals surface area contributed by atoms with E-state index >= 15 is 0 Å². The van der Waals surface area contributed by atoms with E-state index in [4.69, 9.17) is 9.47 Å². The molecule has 0 saturated carbocycles. The minimum atomic E-state index is -0.369. The molecule has 0 aromatic rings. The molecular formula is C8H12O3. The van der Waals surface area contributed by atoms with Gasteiger partial charge in [0.15, 0.2) is 6.10 Å². The molecule has 0 aromatic heterocycles. The molecule has 0 amide bonds. The lowest BCUT2D eigenvalue weighted by atomic mass is 10.3. The molecule has 0 N–H and O–H groups in total. The molecule has 11 heavy (non-hydrogen) atoms. The average molecular weight is 156 g/mol. The Kier molecular flexibility index (Phi) is 2.52. The van der Waals surface area contributed by atoms with Crippen LogP contribution in [0.15, 0.2) is 11.8 Å². The van der Waals surface area contributed by atoms with Crippen LogP contribution >= 0.6 is 0 Å². The summed E-state index contributed by atoms with van der Waals surface area (Å²) in [5.74, 6) is 0.528. The zero-order valence-corrected chi connectivity index (χ0v) is 6.79. The summed E-state index contributed by atoms with van der Waals surface area (Å²) < 4.78 is 9.98. The van der Waals surface area contributed by atoms with Crippen molar-refractivity contribution in [2.24, 2.45) is 0 Å². The van der Waals surface area contributed by atoms with Gasteiger partial charge in [-0.25, -0.2) is 4.79 Å². The molecule has 1 heterocycles. The molecule has 1 atom stereocenters. The molecule has 1 fully saturated rings. The smallest absolute Gasteiger partial charge is 0.347 e. The van der Waals surface area contributed by atoms with Gasteiger partial charge in [-0.1, -0.05) is 0 Å². The molecule has 0 unspecified atom stereocenters. The molecule has 3 heteroatoms. The van der Waals surface area contributed by atoms with Crippen molar-refractivity contribution >= 4 is 5.97 Å². The normalized spacial score (nSPS) is 25.1. The largest absolute Gasteiger partial charge is 0.484 e. The third-order valence-electron chi connectivity index (χ3n) is 1.62. The molecule has 1 aliphatic heterocycles. The van der Waals surface area contributed by atoms with Gasteiger partial charge in [0.2, 0.25) is 0 Å². The van der Waals surface area contributed by atoms with Crippen molar-refractivity contribution in [1.82, 2.24) is 0 Å². The number of hydrogen-bond donors (Lipinski definition) is 0. The van der Waals surface area contributed by atoms with Crippen molar-refractivity contribution in [2.75, 3.05) is 6.61 Å². The predicted molar refractivity (Wildman–Crippen MR) is 39.9 cm³/mol. The summed E-state index contributed by atoms with van der Waals surface area (Å²) in [5, 5.41) is 0. The van der Waals surface area contributed by atoms with Crippen LogP contribution in [0.1, 0.15) is 20.3 Å². The summed E-state index contributed by atoms with van der Waals surface area (Å²) >= 11 is 0. The highest BCUT2D eigenvalue weighted by Gasteiger charge is 2.27. The van der Waals surface area contributed by atoms with Crippen LogP contribution in [0.4, 0.5) is 0 Å². The number of carbonyl (C=O) groups excluding carboxylic acids is 1. The highest BCUT2D eigenvalue weighted by Crippen LogP contribution is 2.13. The second-order valence-electron chi connectivity index (χ2n) is 2.46. The van der Waals surface area contributed by atoms with E-state index < -0.39 is 0 Å². The molecule has 0 aromatic carbocycles. The number of esters is 1. The fourth-order valence-electron chi connectivity index (χ4n) is 0.877. The van der Waals surface area contributed by atoms with Gasteiger partial charge in [-0.15, -0.1) is 0 Å². The van der Waals surface area contributed by atoms with E-state index in [9.17, 15) is 4.79 Å². The van der Waals surface area contributed by atoms with Crippen molar-refractivity contribution in [2.45, 2.75) is 26.4 Å². The summed E-state index contributed by atoms with van der Waals surface area (Å²) in [6, 6.07) is 0. The van der Waals surface area contributed by atoms with E-state index in [2.05, 4.69) is 0 Å². The average Bonchev–Trinajstić information content (AvgIpc) is 2.37. The lowest BCUT2D eigenvalue weighted by Crippen LogP contribution is -2.17. The van der Waals surface area contributed by atoms with Crippen molar-refractivity contribution in [3.63, 3.8) is 0 Å². The third kappa shape index (κ3) is 1.97. The van der Waals surface area contributed by atoms with Crippen LogP contribution in [0.5, 0.6) is 0 Å². The summed E-state index contributed by atoms with van der Waals surface area (Å²) in [4.78, 5) is 10.9. The summed E-state index contributed by atoms with van der Waals surface area (Å²) in [6.45, 7) is 4.18. The zero-order chi connectivity index (χ0) is 8.27. The van der Waals surface area contributed by atoms with Gasteiger partial charge in [-0.05, 0) is 19.9 Å². The summed E-state index contributed by atoms with van der Waals surface area (Å²) in [7, 11) is 0. The number of ether oxygens (including phenoxy) is 2. The number of hydrogen-bond acceptors (Lipinski definition) is 3. The summed E-state index contributed by atoms with van der Waals surface area (Å²) in [6.07, 6.45) is 2.13. The first kappa shape index (κ1) is 8.11. The molecule has 0 radical (unpaired) electrons. The molecule has 1 rings (SSSR count). The maximum Gasteiger partial charge on any atom is 0.347 e. The second-order valence-corrected chi connectivity index (χ2v) is 2.46. The highest BCUT2D eigenvalue weighted by molar-refractivity contribution is 5.76. The van der Waals surface area contributed by atoms with Gasteiger partial charge in [0, 0.05) is 6.42 Å². The number of rotatable bonds is 2. The first-order valence-corrected chi connectivity index (χ1v) is 3.70. The molecule has 62 valence electrons. The van der Waals surface area contributed by atoms with E-state index in [1.807, 2.05) is 19.9 Å². The Morgan fingerprint density at radius 2 is 2.55 bits per heavy atom. The number of carbonyl (C=O) groups is 1. The molecular weight excluding hydrogens is 144 g/mol. The van der Waals surface area contributed by atoms with E-state index in [1.54, 1.807) is 0 Å². The van der Waals surface area contributed by atoms with E-state index in [-0.39, 0.29) is 12.1 Å². The third-order valence-corrected chi connectivity index (χ3v) is 1.62. The lowest BCUT2D eigenvalue weighted by molar-refractivity contribution is -0.145. The van der Waals surface area contributed by atoms with E-state index in [0.717, 1.165) is 5.76 Å². The standard InChI is InChI=1S/C8H12O3/c1-3-6(2)11-7-4-5-10-8(7)9/h3,7H,4-5H2,1-2H3/t7-/m1/s1. The zero-order valence-electron chi connectivity index (χ0n) is 6.79. The second kappa shape index (κ2) is 3.42. The van der Waals surface area contributed by atoms with Gasteiger partial charge in [0.25, 0.3) is 0 Å². The quantitative estimate of drug-likeness (QED) is 0.445. The minimum Gasteiger partial charge on any atom is -0.484 e. The van der Waals surface area contributed by atoms with Crippen molar-refractivity contribution in [3.05, 3.63) is 11.8 Å². The topological polar surface area (TPSA) is 35.5 Å². The van der Waals surface area contributed by atoms with Crippen molar-refractivity contribution < 1.29 is 14.3 Å². The maximum absolute atomic E-state index is 10.9. The molecule has 1 aliphatic rings. The van der Waals surface area contributed by atoms with Crippen LogP contribution in [-0.4, -0.2) is 18.7 Å². The Balaban J connectivity index is 2.43.